The second-order valence-electron chi connectivity index (χ2n) is 7.34. The van der Waals surface area contributed by atoms with Crippen LogP contribution < -0.4 is 0 Å². The summed E-state index contributed by atoms with van der Waals surface area (Å²) in [5.41, 5.74) is 0.276. The van der Waals surface area contributed by atoms with Crippen LogP contribution in [0.1, 0.15) is 11.7 Å². The first-order valence-corrected chi connectivity index (χ1v) is 9.54. The normalized spacial score (nSPS) is 39.6. The van der Waals surface area contributed by atoms with E-state index in [2.05, 4.69) is 0 Å². The van der Waals surface area contributed by atoms with Gasteiger partial charge in [0.1, 0.15) is 48.5 Å². The molecule has 0 radical (unpaired) electrons. The summed E-state index contributed by atoms with van der Waals surface area (Å²) in [5.74, 6) is -0.105. The van der Waals surface area contributed by atoms with Crippen molar-refractivity contribution in [2.75, 3.05) is 13.2 Å². The van der Waals surface area contributed by atoms with Crippen LogP contribution in [-0.4, -0.2) is 104 Å². The molecule has 2 heterocycles. The number of nitriles is 1. The Morgan fingerprint density at radius 3 is 2.39 bits per heavy atom. The van der Waals surface area contributed by atoms with Crippen LogP contribution in [0.4, 0.5) is 0 Å². The first-order valence-electron chi connectivity index (χ1n) is 9.54. The second kappa shape index (κ2) is 10.2. The van der Waals surface area contributed by atoms with Gasteiger partial charge in [0, 0.05) is 0 Å². The molecule has 12 heteroatoms. The first kappa shape index (κ1) is 23.8. The summed E-state index contributed by atoms with van der Waals surface area (Å²) in [5, 5.41) is 78.6. The molecule has 2 aliphatic rings. The number of nitrogens with zero attached hydrogens (tertiary/aromatic N) is 1. The first-order chi connectivity index (χ1) is 14.7. The molecule has 0 amide bonds. The Labute approximate surface area is 177 Å². The molecule has 3 rings (SSSR count). The molecule has 0 saturated carbocycles. The third-order valence-electron chi connectivity index (χ3n) is 5.11. The van der Waals surface area contributed by atoms with Gasteiger partial charge in [0.25, 0.3) is 0 Å². The van der Waals surface area contributed by atoms with E-state index in [4.69, 9.17) is 18.9 Å². The molecule has 172 valence electrons. The zero-order valence-corrected chi connectivity index (χ0v) is 16.2. The van der Waals surface area contributed by atoms with E-state index < -0.39 is 68.0 Å². The van der Waals surface area contributed by atoms with Crippen LogP contribution in [0.25, 0.3) is 0 Å². The lowest BCUT2D eigenvalue weighted by molar-refractivity contribution is -0.325. The van der Waals surface area contributed by atoms with Gasteiger partial charge >= 0.3 is 0 Å². The van der Waals surface area contributed by atoms with Crippen LogP contribution in [0.5, 0.6) is 5.75 Å². The fraction of sp³-hybridized carbons (Fsp3) is 0.632. The molecular weight excluding hydrogens is 418 g/mol. The second-order valence-corrected chi connectivity index (χ2v) is 7.34. The standard InChI is InChI=1S/C19H25NO11/c20-5-11(8-2-1-3-9(21)4-8)30-19-17(27)15(25)14(24)12(31-19)7-29-18-16(26)13(23)10(22)6-28-18/h1-4,10-19,21-27H,6-7H2/t10-,11-,12-,13+,14-,15+,16-,17-,18+,19-/m1/s1. The molecule has 10 atom stereocenters. The molecule has 0 aliphatic carbocycles. The number of aromatic hydroxyl groups is 1. The Balaban J connectivity index is 1.65. The third-order valence-corrected chi connectivity index (χ3v) is 5.11. The largest absolute Gasteiger partial charge is 0.508 e. The van der Waals surface area contributed by atoms with E-state index in [0.29, 0.717) is 0 Å². The van der Waals surface area contributed by atoms with Gasteiger partial charge in [-0.2, -0.15) is 5.26 Å². The molecule has 31 heavy (non-hydrogen) atoms. The Morgan fingerprint density at radius 2 is 1.71 bits per heavy atom. The Bertz CT molecular complexity index is 773. The minimum atomic E-state index is -1.71. The van der Waals surface area contributed by atoms with E-state index in [1.807, 2.05) is 6.07 Å². The fourth-order valence-electron chi connectivity index (χ4n) is 3.29. The Kier molecular flexibility index (Phi) is 7.78. The molecule has 0 spiro atoms. The maximum Gasteiger partial charge on any atom is 0.188 e. The van der Waals surface area contributed by atoms with Crippen LogP contribution >= 0.6 is 0 Å². The molecule has 0 aromatic heterocycles. The summed E-state index contributed by atoms with van der Waals surface area (Å²) in [6.45, 7) is -0.740. The minimum absolute atomic E-state index is 0.105. The lowest BCUT2D eigenvalue weighted by atomic mass is 9.99. The maximum absolute atomic E-state index is 10.2. The van der Waals surface area contributed by atoms with E-state index in [-0.39, 0.29) is 17.9 Å². The summed E-state index contributed by atoms with van der Waals surface area (Å²) in [6, 6.07) is 7.54. The monoisotopic (exact) mass is 443 g/mol. The van der Waals surface area contributed by atoms with Crippen LogP contribution in [-0.2, 0) is 18.9 Å². The number of ether oxygens (including phenoxy) is 4. The van der Waals surface area contributed by atoms with Crippen molar-refractivity contribution in [2.24, 2.45) is 0 Å². The average molecular weight is 443 g/mol. The predicted octanol–water partition coefficient (Wildman–Crippen LogP) is -2.76. The van der Waals surface area contributed by atoms with Crippen LogP contribution in [0.15, 0.2) is 24.3 Å². The summed E-state index contributed by atoms with van der Waals surface area (Å²) in [6.07, 6.45) is -14.8. The number of aliphatic hydroxyl groups is 6. The smallest absolute Gasteiger partial charge is 0.188 e. The number of benzene rings is 1. The van der Waals surface area contributed by atoms with Gasteiger partial charge in [-0.15, -0.1) is 0 Å². The van der Waals surface area contributed by atoms with Crippen LogP contribution in [0.3, 0.4) is 0 Å². The zero-order valence-electron chi connectivity index (χ0n) is 16.2. The lowest BCUT2D eigenvalue weighted by Gasteiger charge is -2.41. The van der Waals surface area contributed by atoms with Crippen molar-refractivity contribution in [3.63, 3.8) is 0 Å². The van der Waals surface area contributed by atoms with Gasteiger partial charge in [-0.3, -0.25) is 0 Å². The highest BCUT2D eigenvalue weighted by Crippen LogP contribution is 2.29. The summed E-state index contributed by atoms with van der Waals surface area (Å²) in [4.78, 5) is 0. The Hall–Kier alpha value is -1.89. The summed E-state index contributed by atoms with van der Waals surface area (Å²) in [7, 11) is 0. The molecule has 0 bridgehead atoms. The van der Waals surface area contributed by atoms with Crippen molar-refractivity contribution >= 4 is 0 Å². The van der Waals surface area contributed by atoms with E-state index in [1.165, 1.54) is 24.3 Å². The molecule has 2 fully saturated rings. The van der Waals surface area contributed by atoms with Gasteiger partial charge in [0.05, 0.1) is 19.3 Å². The van der Waals surface area contributed by atoms with Gasteiger partial charge in [0.2, 0.25) is 0 Å². The molecule has 0 unspecified atom stereocenters. The fourth-order valence-corrected chi connectivity index (χ4v) is 3.29. The molecule has 1 aromatic rings. The number of hydrogen-bond donors (Lipinski definition) is 7. The van der Waals surface area contributed by atoms with Crippen molar-refractivity contribution < 1.29 is 54.7 Å². The number of aliphatic hydroxyl groups excluding tert-OH is 6. The molecule has 7 N–H and O–H groups in total. The summed E-state index contributed by atoms with van der Waals surface area (Å²) >= 11 is 0. The molecule has 2 saturated heterocycles. The van der Waals surface area contributed by atoms with E-state index in [9.17, 15) is 41.0 Å². The van der Waals surface area contributed by atoms with Crippen LogP contribution in [0.2, 0.25) is 0 Å². The average Bonchev–Trinajstić information content (AvgIpc) is 2.76. The highest BCUT2D eigenvalue weighted by molar-refractivity contribution is 5.31. The zero-order chi connectivity index (χ0) is 22.7. The van der Waals surface area contributed by atoms with Crippen molar-refractivity contribution in [2.45, 2.75) is 61.4 Å². The van der Waals surface area contributed by atoms with E-state index in [0.717, 1.165) is 0 Å². The van der Waals surface area contributed by atoms with Crippen molar-refractivity contribution in [1.29, 1.82) is 5.26 Å². The third kappa shape index (κ3) is 5.30. The van der Waals surface area contributed by atoms with Crippen LogP contribution in [0, 0.1) is 11.3 Å². The van der Waals surface area contributed by atoms with Gasteiger partial charge in [-0.25, -0.2) is 0 Å². The van der Waals surface area contributed by atoms with E-state index in [1.54, 1.807) is 0 Å². The quantitative estimate of drug-likeness (QED) is 0.239. The number of hydrogen-bond acceptors (Lipinski definition) is 12. The molecule has 1 aromatic carbocycles. The molecule has 2 aliphatic heterocycles. The highest BCUT2D eigenvalue weighted by atomic mass is 16.7. The number of rotatable bonds is 6. The van der Waals surface area contributed by atoms with Crippen molar-refractivity contribution in [3.05, 3.63) is 29.8 Å². The van der Waals surface area contributed by atoms with Gasteiger partial charge in [-0.1, -0.05) is 12.1 Å². The van der Waals surface area contributed by atoms with Crippen molar-refractivity contribution in [3.8, 4) is 11.8 Å². The van der Waals surface area contributed by atoms with Gasteiger partial charge in [0.15, 0.2) is 18.7 Å². The van der Waals surface area contributed by atoms with Gasteiger partial charge < -0.3 is 54.7 Å². The van der Waals surface area contributed by atoms with Crippen molar-refractivity contribution in [1.82, 2.24) is 0 Å². The summed E-state index contributed by atoms with van der Waals surface area (Å²) < 4.78 is 21.3. The minimum Gasteiger partial charge on any atom is -0.508 e. The lowest BCUT2D eigenvalue weighted by Crippen LogP contribution is -2.60. The topological polar surface area (TPSA) is 202 Å². The molecular formula is C19H25NO11. The Morgan fingerprint density at radius 1 is 1.00 bits per heavy atom. The van der Waals surface area contributed by atoms with Gasteiger partial charge in [-0.05, 0) is 17.7 Å². The van der Waals surface area contributed by atoms with E-state index >= 15 is 0 Å². The highest BCUT2D eigenvalue weighted by Gasteiger charge is 2.46. The number of phenolic OH excluding ortho intramolecular Hbond substituents is 1. The number of phenols is 1. The molecule has 12 nitrogen and oxygen atoms in total. The SMILES string of the molecule is N#C[C@@H](O[C@@H]1O[C@H](CO[C@@H]2OC[C@@H](O)[C@H](O)[C@H]2O)[C@@H](O)[C@H](O)[C@H]1O)c1cccc(O)c1. The maximum atomic E-state index is 10.2. The predicted molar refractivity (Wildman–Crippen MR) is 97.9 cm³/mol.